The maximum Gasteiger partial charge on any atom is 0.330 e. The van der Waals surface area contributed by atoms with Crippen LogP contribution in [-0.2, 0) is 4.79 Å². The Bertz CT molecular complexity index is 815. The molecule has 0 spiro atoms. The summed E-state index contributed by atoms with van der Waals surface area (Å²) in [5.41, 5.74) is 0.247. The van der Waals surface area contributed by atoms with Crippen molar-refractivity contribution in [3.05, 3.63) is 47.5 Å². The van der Waals surface area contributed by atoms with Gasteiger partial charge in [0.1, 0.15) is 5.69 Å². The van der Waals surface area contributed by atoms with Crippen LogP contribution in [0.25, 0.3) is 0 Å². The van der Waals surface area contributed by atoms with E-state index in [0.29, 0.717) is 0 Å². The molecule has 0 radical (unpaired) electrons. The van der Waals surface area contributed by atoms with Crippen molar-refractivity contribution in [2.75, 3.05) is 7.11 Å². The van der Waals surface area contributed by atoms with E-state index in [-0.39, 0.29) is 23.0 Å². The fourth-order valence-corrected chi connectivity index (χ4v) is 3.19. The number of aromatic nitrogens is 2. The smallest absolute Gasteiger partial charge is 0.330 e. The number of carboxylic acids is 1. The fraction of sp³-hybridized carbons (Fsp3) is 0.389. The maximum atomic E-state index is 13.9. The third kappa shape index (κ3) is 3.68. The number of nitrogens with one attached hydrogen (secondary N) is 1. The first-order chi connectivity index (χ1) is 12.5. The van der Waals surface area contributed by atoms with Gasteiger partial charge < -0.3 is 15.2 Å². The number of carboxylic acid groups (broad SMARTS) is 1. The lowest BCUT2D eigenvalue weighted by atomic mass is 10.1. The molecule has 138 valence electrons. The summed E-state index contributed by atoms with van der Waals surface area (Å²) in [5, 5.41) is 16.1. The van der Waals surface area contributed by atoms with Crippen LogP contribution in [0, 0.1) is 5.82 Å². The van der Waals surface area contributed by atoms with Crippen molar-refractivity contribution in [1.82, 2.24) is 15.1 Å². The molecule has 1 atom stereocenters. The van der Waals surface area contributed by atoms with Crippen LogP contribution >= 0.6 is 0 Å². The zero-order valence-corrected chi connectivity index (χ0v) is 14.3. The highest BCUT2D eigenvalue weighted by Gasteiger charge is 2.26. The molecule has 3 rings (SSSR count). The van der Waals surface area contributed by atoms with Gasteiger partial charge in [0.15, 0.2) is 17.6 Å². The molecule has 0 saturated heterocycles. The summed E-state index contributed by atoms with van der Waals surface area (Å²) in [6.07, 6.45) is 6.04. The van der Waals surface area contributed by atoms with Gasteiger partial charge >= 0.3 is 5.97 Å². The van der Waals surface area contributed by atoms with Crippen molar-refractivity contribution in [3.8, 4) is 5.75 Å². The molecule has 1 unspecified atom stereocenters. The highest BCUT2D eigenvalue weighted by molar-refractivity contribution is 5.95. The Hall–Kier alpha value is -2.90. The van der Waals surface area contributed by atoms with E-state index in [9.17, 15) is 19.1 Å². The monoisotopic (exact) mass is 361 g/mol. The van der Waals surface area contributed by atoms with E-state index >= 15 is 0 Å². The highest BCUT2D eigenvalue weighted by Crippen LogP contribution is 2.28. The Morgan fingerprint density at radius 1 is 1.35 bits per heavy atom. The van der Waals surface area contributed by atoms with Crippen molar-refractivity contribution in [3.63, 3.8) is 0 Å². The Morgan fingerprint density at radius 2 is 2.08 bits per heavy atom. The van der Waals surface area contributed by atoms with Crippen LogP contribution in [0.5, 0.6) is 5.75 Å². The van der Waals surface area contributed by atoms with E-state index in [4.69, 9.17) is 4.74 Å². The van der Waals surface area contributed by atoms with Crippen LogP contribution in [0.1, 0.15) is 53.8 Å². The number of carbonyl (C=O) groups excluding carboxylic acids is 1. The largest absolute Gasteiger partial charge is 0.494 e. The van der Waals surface area contributed by atoms with Crippen LogP contribution < -0.4 is 10.1 Å². The number of aliphatic carboxylic acids is 1. The molecule has 7 nitrogen and oxygen atoms in total. The zero-order valence-electron chi connectivity index (χ0n) is 14.3. The molecule has 1 heterocycles. The number of methoxy groups -OCH3 is 1. The van der Waals surface area contributed by atoms with Gasteiger partial charge in [0.05, 0.1) is 13.2 Å². The minimum absolute atomic E-state index is 0.000443. The highest BCUT2D eigenvalue weighted by atomic mass is 19.1. The van der Waals surface area contributed by atoms with Gasteiger partial charge in [0, 0.05) is 6.20 Å². The molecule has 0 bridgehead atoms. The first-order valence-corrected chi connectivity index (χ1v) is 8.42. The number of amides is 1. The maximum absolute atomic E-state index is 13.9. The van der Waals surface area contributed by atoms with Gasteiger partial charge in [0.2, 0.25) is 0 Å². The van der Waals surface area contributed by atoms with E-state index in [0.717, 1.165) is 31.7 Å². The molecular weight excluding hydrogens is 341 g/mol. The molecule has 1 aromatic carbocycles. The van der Waals surface area contributed by atoms with E-state index in [1.807, 2.05) is 0 Å². The third-order valence-corrected chi connectivity index (χ3v) is 4.57. The van der Waals surface area contributed by atoms with Crippen LogP contribution in [0.15, 0.2) is 30.5 Å². The van der Waals surface area contributed by atoms with Crippen molar-refractivity contribution in [1.29, 1.82) is 0 Å². The molecule has 1 saturated carbocycles. The average Bonchev–Trinajstić information content (AvgIpc) is 3.30. The lowest BCUT2D eigenvalue weighted by molar-refractivity contribution is -0.139. The third-order valence-electron chi connectivity index (χ3n) is 4.57. The molecular formula is C18H20FN3O4. The fourth-order valence-electron chi connectivity index (χ4n) is 3.19. The van der Waals surface area contributed by atoms with Crippen molar-refractivity contribution >= 4 is 11.9 Å². The Labute approximate surface area is 149 Å². The van der Waals surface area contributed by atoms with Gasteiger partial charge in [-0.05, 0) is 36.6 Å². The summed E-state index contributed by atoms with van der Waals surface area (Å²) in [6, 6.07) is 4.21. The molecule has 8 heteroatoms. The number of carbonyl (C=O) groups is 2. The quantitative estimate of drug-likeness (QED) is 0.825. The number of benzene rings is 1. The van der Waals surface area contributed by atoms with Crippen LogP contribution in [0.4, 0.5) is 4.39 Å². The number of nitrogens with zero attached hydrogens (tertiary/aromatic N) is 2. The van der Waals surface area contributed by atoms with Crippen molar-refractivity contribution in [2.24, 2.45) is 0 Å². The molecule has 1 aromatic heterocycles. The summed E-state index contributed by atoms with van der Waals surface area (Å²) in [4.78, 5) is 24.0. The predicted molar refractivity (Wildman–Crippen MR) is 90.5 cm³/mol. The standard InChI is InChI=1S/C18H20FN3O4/c1-26-15-7-6-11(10-13(15)19)16(18(24)25)20-17(23)14-8-9-22(21-14)12-4-2-3-5-12/h6-10,12,16H,2-5H2,1H3,(H,20,23)(H,24,25). The van der Waals surface area contributed by atoms with E-state index in [2.05, 4.69) is 10.4 Å². The average molecular weight is 361 g/mol. The van der Waals surface area contributed by atoms with Crippen LogP contribution in [0.2, 0.25) is 0 Å². The Kier molecular flexibility index (Phi) is 5.20. The van der Waals surface area contributed by atoms with Crippen molar-refractivity contribution < 1.29 is 23.8 Å². The minimum atomic E-state index is -1.39. The van der Waals surface area contributed by atoms with Gasteiger partial charge in [-0.1, -0.05) is 18.9 Å². The zero-order chi connectivity index (χ0) is 18.7. The first-order valence-electron chi connectivity index (χ1n) is 8.42. The second-order valence-corrected chi connectivity index (χ2v) is 6.26. The van der Waals surface area contributed by atoms with Gasteiger partial charge in [-0.2, -0.15) is 5.10 Å². The van der Waals surface area contributed by atoms with Gasteiger partial charge in [0.25, 0.3) is 5.91 Å². The first kappa shape index (κ1) is 17.9. The minimum Gasteiger partial charge on any atom is -0.494 e. The second-order valence-electron chi connectivity index (χ2n) is 6.26. The SMILES string of the molecule is COc1ccc(C(NC(=O)c2ccn(C3CCCC3)n2)C(=O)O)cc1F. The molecule has 2 aromatic rings. The summed E-state index contributed by atoms with van der Waals surface area (Å²) >= 11 is 0. The Balaban J connectivity index is 1.76. The van der Waals surface area contributed by atoms with E-state index < -0.39 is 23.7 Å². The molecule has 1 aliphatic carbocycles. The molecule has 2 N–H and O–H groups in total. The number of hydrogen-bond donors (Lipinski definition) is 2. The summed E-state index contributed by atoms with van der Waals surface area (Å²) < 4.78 is 20.4. The number of ether oxygens (including phenoxy) is 1. The van der Waals surface area contributed by atoms with Crippen molar-refractivity contribution in [2.45, 2.75) is 37.8 Å². The Morgan fingerprint density at radius 3 is 2.69 bits per heavy atom. The van der Waals surface area contributed by atoms with Gasteiger partial charge in [-0.25, -0.2) is 9.18 Å². The lowest BCUT2D eigenvalue weighted by Gasteiger charge is -2.15. The van der Waals surface area contributed by atoms with Gasteiger partial charge in [-0.3, -0.25) is 9.48 Å². The predicted octanol–water partition coefficient (Wildman–Crippen LogP) is 2.70. The molecule has 26 heavy (non-hydrogen) atoms. The molecule has 1 fully saturated rings. The summed E-state index contributed by atoms with van der Waals surface area (Å²) in [7, 11) is 1.31. The van der Waals surface area contributed by atoms with Gasteiger partial charge in [-0.15, -0.1) is 0 Å². The topological polar surface area (TPSA) is 93.5 Å². The van der Waals surface area contributed by atoms with E-state index in [1.54, 1.807) is 16.9 Å². The van der Waals surface area contributed by atoms with Crippen LogP contribution in [0.3, 0.4) is 0 Å². The lowest BCUT2D eigenvalue weighted by Crippen LogP contribution is -2.34. The summed E-state index contributed by atoms with van der Waals surface area (Å²) in [5.74, 6) is -2.61. The van der Waals surface area contributed by atoms with E-state index in [1.165, 1.54) is 19.2 Å². The second kappa shape index (κ2) is 7.55. The molecule has 0 aliphatic heterocycles. The molecule has 1 aliphatic rings. The number of halogens is 1. The number of hydrogen-bond acceptors (Lipinski definition) is 4. The summed E-state index contributed by atoms with van der Waals surface area (Å²) in [6.45, 7) is 0. The molecule has 1 amide bonds. The van der Waals surface area contributed by atoms with Crippen LogP contribution in [-0.4, -0.2) is 33.9 Å². The number of rotatable bonds is 6. The normalized spacial score (nSPS) is 15.6.